The van der Waals surface area contributed by atoms with Gasteiger partial charge in [-0.25, -0.2) is 0 Å². The van der Waals surface area contributed by atoms with Gasteiger partial charge in [0.05, 0.1) is 32.2 Å². The van der Waals surface area contributed by atoms with Crippen molar-refractivity contribution < 1.29 is 0 Å². The average Bonchev–Trinajstić information content (AvgIpc) is 2.75. The molecule has 3 aromatic carbocycles. The Bertz CT molecular complexity index is 856. The van der Waals surface area contributed by atoms with Crippen molar-refractivity contribution in [2.45, 2.75) is 0 Å². The Morgan fingerprint density at radius 2 is 0.947 bits per heavy atom. The average molecular weight is 263 g/mol. The molecular formula is C18H16P+. The standard InChI is InChI=1S/C18H16P/c1-19(2)11-17-15-9-5-3-7-13(15)14-8-4-6-10-16(14)18(17)12-19/h3-12H,1-2H3/q+1. The molecule has 0 amide bonds. The van der Waals surface area contributed by atoms with Crippen molar-refractivity contribution in [3.05, 3.63) is 59.0 Å². The number of hydrogen-bond donors (Lipinski definition) is 0. The van der Waals surface area contributed by atoms with Crippen molar-refractivity contribution in [3.8, 4) is 0 Å². The Kier molecular flexibility index (Phi) is 2.17. The second-order valence-corrected chi connectivity index (χ2v) is 9.58. The van der Waals surface area contributed by atoms with Crippen molar-refractivity contribution >= 4 is 40.4 Å². The van der Waals surface area contributed by atoms with Gasteiger partial charge >= 0.3 is 0 Å². The predicted octanol–water partition coefficient (Wildman–Crippen LogP) is 3.76. The van der Waals surface area contributed by atoms with E-state index in [0.717, 1.165) is 0 Å². The third-order valence-electron chi connectivity index (χ3n) is 3.94. The molecule has 1 aliphatic heterocycles. The summed E-state index contributed by atoms with van der Waals surface area (Å²) >= 11 is 0. The normalized spacial score (nSPS) is 16.1. The van der Waals surface area contributed by atoms with Crippen molar-refractivity contribution in [2.75, 3.05) is 13.3 Å². The lowest BCUT2D eigenvalue weighted by molar-refractivity contribution is 1.66. The molecular weight excluding hydrogens is 247 g/mol. The molecule has 0 nitrogen and oxygen atoms in total. The molecule has 0 unspecified atom stereocenters. The van der Waals surface area contributed by atoms with Gasteiger partial charge in [-0.1, -0.05) is 48.5 Å². The molecule has 0 aliphatic carbocycles. The van der Waals surface area contributed by atoms with E-state index in [4.69, 9.17) is 0 Å². The minimum absolute atomic E-state index is 1.03. The molecule has 1 heteroatoms. The number of fused-ring (bicyclic) bond motifs is 6. The van der Waals surface area contributed by atoms with Crippen LogP contribution in [0.4, 0.5) is 0 Å². The fraction of sp³-hybridized carbons (Fsp3) is 0.111. The van der Waals surface area contributed by atoms with Gasteiger partial charge in [0.2, 0.25) is 0 Å². The van der Waals surface area contributed by atoms with Crippen LogP contribution in [-0.4, -0.2) is 13.3 Å². The molecule has 19 heavy (non-hydrogen) atoms. The monoisotopic (exact) mass is 263 g/mol. The van der Waals surface area contributed by atoms with Gasteiger partial charge in [-0.3, -0.25) is 0 Å². The summed E-state index contributed by atoms with van der Waals surface area (Å²) in [6.07, 6.45) is 0. The van der Waals surface area contributed by atoms with Crippen LogP contribution in [0.3, 0.4) is 0 Å². The molecule has 0 bridgehead atoms. The first kappa shape index (κ1) is 11.2. The van der Waals surface area contributed by atoms with Gasteiger partial charge in [0, 0.05) is 10.4 Å². The molecule has 1 aliphatic rings. The lowest BCUT2D eigenvalue weighted by Gasteiger charge is -2.04. The summed E-state index contributed by atoms with van der Waals surface area (Å²) in [6.45, 7) is 4.77. The lowest BCUT2D eigenvalue weighted by Crippen LogP contribution is -2.23. The van der Waals surface area contributed by atoms with E-state index in [1.807, 2.05) is 0 Å². The van der Waals surface area contributed by atoms with E-state index in [0.29, 0.717) is 0 Å². The Morgan fingerprint density at radius 1 is 0.579 bits per heavy atom. The molecule has 0 atom stereocenters. The third-order valence-corrected chi connectivity index (χ3v) is 5.79. The van der Waals surface area contributed by atoms with Crippen LogP contribution >= 0.6 is 7.26 Å². The summed E-state index contributed by atoms with van der Waals surface area (Å²) in [6, 6.07) is 17.6. The van der Waals surface area contributed by atoms with E-state index in [1.165, 1.54) is 32.0 Å². The second-order valence-electron chi connectivity index (χ2n) is 5.81. The van der Waals surface area contributed by atoms with E-state index in [2.05, 4.69) is 73.5 Å². The van der Waals surface area contributed by atoms with Crippen LogP contribution < -0.4 is 10.4 Å². The number of benzene rings is 3. The molecule has 0 N–H and O–H groups in total. The van der Waals surface area contributed by atoms with Crippen LogP contribution in [-0.2, 0) is 0 Å². The Balaban J connectivity index is 2.43. The number of hydrogen-bond acceptors (Lipinski definition) is 0. The van der Waals surface area contributed by atoms with Crippen molar-refractivity contribution in [1.82, 2.24) is 0 Å². The van der Waals surface area contributed by atoms with Gasteiger partial charge in [0.25, 0.3) is 0 Å². The smallest absolute Gasteiger partial charge is 0.0616 e. The highest BCUT2D eigenvalue weighted by atomic mass is 31.2. The molecule has 92 valence electrons. The van der Waals surface area contributed by atoms with Crippen molar-refractivity contribution in [2.24, 2.45) is 0 Å². The third kappa shape index (κ3) is 1.57. The fourth-order valence-electron chi connectivity index (χ4n) is 3.18. The van der Waals surface area contributed by atoms with Gasteiger partial charge in [0.15, 0.2) is 0 Å². The second kappa shape index (κ2) is 3.68. The quantitative estimate of drug-likeness (QED) is 0.428. The van der Waals surface area contributed by atoms with Crippen LogP contribution in [0.2, 0.25) is 0 Å². The molecule has 0 fully saturated rings. The maximum atomic E-state index is 2.51. The largest absolute Gasteiger partial charge is 0.0714 e. The molecule has 0 saturated carbocycles. The number of rotatable bonds is 0. The van der Waals surface area contributed by atoms with E-state index in [1.54, 1.807) is 0 Å². The van der Waals surface area contributed by atoms with Gasteiger partial charge in [-0.2, -0.15) is 0 Å². The molecule has 3 aromatic rings. The highest BCUT2D eigenvalue weighted by Crippen LogP contribution is 2.56. The van der Waals surface area contributed by atoms with E-state index in [9.17, 15) is 0 Å². The van der Waals surface area contributed by atoms with Crippen molar-refractivity contribution in [1.29, 1.82) is 0 Å². The first-order chi connectivity index (χ1) is 9.16. The van der Waals surface area contributed by atoms with Gasteiger partial charge in [-0.15, -0.1) is 0 Å². The van der Waals surface area contributed by atoms with E-state index < -0.39 is 7.26 Å². The molecule has 0 aromatic heterocycles. The molecule has 0 spiro atoms. The first-order valence-corrected chi connectivity index (χ1v) is 9.46. The van der Waals surface area contributed by atoms with Crippen molar-refractivity contribution in [3.63, 3.8) is 0 Å². The van der Waals surface area contributed by atoms with Crippen LogP contribution in [0.25, 0.3) is 33.2 Å². The fourth-order valence-corrected chi connectivity index (χ4v) is 5.14. The first-order valence-electron chi connectivity index (χ1n) is 6.64. The predicted molar refractivity (Wildman–Crippen MR) is 88.4 cm³/mol. The molecule has 1 heterocycles. The Morgan fingerprint density at radius 3 is 1.37 bits per heavy atom. The Hall–Kier alpha value is -1.65. The minimum Gasteiger partial charge on any atom is -0.0616 e. The summed E-state index contributed by atoms with van der Waals surface area (Å²) in [7, 11) is -1.03. The van der Waals surface area contributed by atoms with E-state index in [-0.39, 0.29) is 0 Å². The van der Waals surface area contributed by atoms with Gasteiger partial charge in [0.1, 0.15) is 0 Å². The maximum absolute atomic E-state index is 2.51. The zero-order valence-electron chi connectivity index (χ0n) is 11.2. The SMILES string of the molecule is C[P+]1(C)C=c2c(c3ccccc3c3ccccc23)=C1. The Labute approximate surface area is 113 Å². The van der Waals surface area contributed by atoms with Crippen LogP contribution in [0.15, 0.2) is 48.5 Å². The zero-order chi connectivity index (χ0) is 13.0. The summed E-state index contributed by atoms with van der Waals surface area (Å²) in [5, 5.41) is 8.46. The highest BCUT2D eigenvalue weighted by Gasteiger charge is 2.25. The summed E-state index contributed by atoms with van der Waals surface area (Å²) < 4.78 is 0. The summed E-state index contributed by atoms with van der Waals surface area (Å²) in [5.74, 6) is 5.02. The molecule has 0 saturated heterocycles. The zero-order valence-corrected chi connectivity index (χ0v) is 12.1. The van der Waals surface area contributed by atoms with Crippen LogP contribution in [0, 0.1) is 0 Å². The minimum atomic E-state index is -1.03. The lowest BCUT2D eigenvalue weighted by atomic mass is 9.99. The molecule has 4 rings (SSSR count). The van der Waals surface area contributed by atoms with Gasteiger partial charge in [-0.05, 0) is 21.5 Å². The van der Waals surface area contributed by atoms with E-state index >= 15 is 0 Å². The van der Waals surface area contributed by atoms with Crippen LogP contribution in [0.1, 0.15) is 0 Å². The van der Waals surface area contributed by atoms with Crippen LogP contribution in [0.5, 0.6) is 0 Å². The maximum Gasteiger partial charge on any atom is 0.0714 e. The summed E-state index contributed by atoms with van der Waals surface area (Å²) in [4.78, 5) is 0. The molecule has 0 radical (unpaired) electrons. The van der Waals surface area contributed by atoms with Gasteiger partial charge < -0.3 is 0 Å². The highest BCUT2D eigenvalue weighted by molar-refractivity contribution is 7.89. The topological polar surface area (TPSA) is 0 Å². The summed E-state index contributed by atoms with van der Waals surface area (Å²) in [5.41, 5.74) is 0.